The molecule has 0 saturated carbocycles. The van der Waals surface area contributed by atoms with Crippen LogP contribution in [0.5, 0.6) is 11.5 Å². The van der Waals surface area contributed by atoms with Gasteiger partial charge in [-0.1, -0.05) is 18.5 Å². The Hall–Kier alpha value is -3.06. The molecule has 0 unspecified atom stereocenters. The number of Topliss-reactive ketones (excluding diaryl/α,β-unsaturated/α-hetero) is 1. The maximum Gasteiger partial charge on any atom is 0.344 e. The number of rotatable bonds is 9. The normalized spacial score (nSPS) is 11.3. The molecule has 0 aliphatic heterocycles. The van der Waals surface area contributed by atoms with Crippen molar-refractivity contribution < 1.29 is 28.6 Å². The van der Waals surface area contributed by atoms with Crippen LogP contribution in [0.25, 0.3) is 0 Å². The molecule has 0 aromatic heterocycles. The molecule has 0 aliphatic rings. The van der Waals surface area contributed by atoms with Gasteiger partial charge in [-0.05, 0) is 49.4 Å². The monoisotopic (exact) mass is 419 g/mol. The lowest BCUT2D eigenvalue weighted by atomic mass is 10.1. The number of anilines is 1. The van der Waals surface area contributed by atoms with E-state index in [4.69, 9.17) is 25.8 Å². The van der Waals surface area contributed by atoms with Gasteiger partial charge in [0.15, 0.2) is 18.5 Å². The lowest BCUT2D eigenvalue weighted by Gasteiger charge is -2.15. The number of carbonyl (C=O) groups is 3. The second-order valence-corrected chi connectivity index (χ2v) is 6.49. The van der Waals surface area contributed by atoms with E-state index < -0.39 is 18.0 Å². The minimum absolute atomic E-state index is 0.0205. The largest absolute Gasteiger partial charge is 0.495 e. The van der Waals surface area contributed by atoms with Crippen LogP contribution in [0.2, 0.25) is 5.02 Å². The van der Waals surface area contributed by atoms with Gasteiger partial charge in [0, 0.05) is 17.0 Å². The molecule has 2 aromatic carbocycles. The summed E-state index contributed by atoms with van der Waals surface area (Å²) in [6, 6.07) is 11.2. The Labute approximate surface area is 173 Å². The maximum absolute atomic E-state index is 12.3. The zero-order valence-electron chi connectivity index (χ0n) is 16.4. The number of ether oxygens (including phenoxy) is 3. The third kappa shape index (κ3) is 6.50. The second kappa shape index (κ2) is 10.5. The molecule has 0 spiro atoms. The number of amides is 1. The van der Waals surface area contributed by atoms with Crippen LogP contribution >= 0.6 is 11.6 Å². The number of hydrogen-bond acceptors (Lipinski definition) is 6. The smallest absolute Gasteiger partial charge is 0.344 e. The molecule has 2 aromatic rings. The molecule has 29 heavy (non-hydrogen) atoms. The summed E-state index contributed by atoms with van der Waals surface area (Å²) >= 11 is 5.93. The Balaban J connectivity index is 1.86. The molecule has 0 aliphatic carbocycles. The Morgan fingerprint density at radius 2 is 1.79 bits per heavy atom. The number of ketones is 1. The summed E-state index contributed by atoms with van der Waals surface area (Å²) in [5.41, 5.74) is 0.940. The Morgan fingerprint density at radius 1 is 1.10 bits per heavy atom. The molecule has 0 radical (unpaired) electrons. The van der Waals surface area contributed by atoms with Crippen molar-refractivity contribution in [3.63, 3.8) is 0 Å². The topological polar surface area (TPSA) is 90.9 Å². The van der Waals surface area contributed by atoms with E-state index in [9.17, 15) is 14.4 Å². The summed E-state index contributed by atoms with van der Waals surface area (Å²) in [6.45, 7) is 2.84. The number of halogens is 1. The number of methoxy groups -OCH3 is 1. The molecule has 8 heteroatoms. The van der Waals surface area contributed by atoms with E-state index in [-0.39, 0.29) is 12.4 Å². The van der Waals surface area contributed by atoms with E-state index in [0.29, 0.717) is 34.2 Å². The zero-order valence-corrected chi connectivity index (χ0v) is 17.1. The summed E-state index contributed by atoms with van der Waals surface area (Å²) < 4.78 is 15.6. The number of nitrogens with one attached hydrogen (secondary N) is 1. The highest BCUT2D eigenvalue weighted by molar-refractivity contribution is 6.31. The molecule has 0 saturated heterocycles. The van der Waals surface area contributed by atoms with Crippen molar-refractivity contribution in [2.75, 3.05) is 19.0 Å². The van der Waals surface area contributed by atoms with Crippen LogP contribution in [0.1, 0.15) is 30.6 Å². The molecular weight excluding hydrogens is 398 g/mol. The van der Waals surface area contributed by atoms with E-state index in [1.54, 1.807) is 43.3 Å². The fourth-order valence-corrected chi connectivity index (χ4v) is 2.55. The average Bonchev–Trinajstić information content (AvgIpc) is 2.72. The summed E-state index contributed by atoms with van der Waals surface area (Å²) in [5, 5.41) is 3.03. The van der Waals surface area contributed by atoms with Gasteiger partial charge in [-0.2, -0.15) is 0 Å². The van der Waals surface area contributed by atoms with Gasteiger partial charge in [-0.25, -0.2) is 4.79 Å². The summed E-state index contributed by atoms with van der Waals surface area (Å²) in [4.78, 5) is 35.8. The molecule has 2 rings (SSSR count). The highest BCUT2D eigenvalue weighted by Crippen LogP contribution is 2.27. The quantitative estimate of drug-likeness (QED) is 0.489. The molecule has 0 bridgehead atoms. The van der Waals surface area contributed by atoms with Crippen LogP contribution < -0.4 is 14.8 Å². The fraction of sp³-hybridized carbons (Fsp3) is 0.286. The van der Waals surface area contributed by atoms with Crippen molar-refractivity contribution in [3.8, 4) is 11.5 Å². The molecule has 7 nitrogen and oxygen atoms in total. The standard InChI is InChI=1S/C21H22ClNO6/c1-4-18(24)14-5-8-16(9-6-14)28-12-20(25)29-13(2)21(26)23-17-11-15(22)7-10-19(17)27-3/h5-11,13H,4,12H2,1-3H3,(H,23,26)/t13-/m1/s1. The zero-order chi connectivity index (χ0) is 21.4. The van der Waals surface area contributed by atoms with Gasteiger partial charge in [0.2, 0.25) is 0 Å². The minimum Gasteiger partial charge on any atom is -0.495 e. The Morgan fingerprint density at radius 3 is 2.41 bits per heavy atom. The summed E-state index contributed by atoms with van der Waals surface area (Å²) in [7, 11) is 1.46. The van der Waals surface area contributed by atoms with Crippen LogP contribution in [0.15, 0.2) is 42.5 Å². The Kier molecular flexibility index (Phi) is 8.03. The van der Waals surface area contributed by atoms with Crippen molar-refractivity contribution in [1.82, 2.24) is 0 Å². The van der Waals surface area contributed by atoms with E-state index in [2.05, 4.69) is 5.32 Å². The van der Waals surface area contributed by atoms with E-state index >= 15 is 0 Å². The van der Waals surface area contributed by atoms with E-state index in [1.165, 1.54) is 20.1 Å². The van der Waals surface area contributed by atoms with E-state index in [0.717, 1.165) is 0 Å². The summed E-state index contributed by atoms with van der Waals surface area (Å²) in [5.74, 6) is -0.391. The van der Waals surface area contributed by atoms with Gasteiger partial charge in [-0.3, -0.25) is 9.59 Å². The van der Waals surface area contributed by atoms with Crippen molar-refractivity contribution in [3.05, 3.63) is 53.1 Å². The van der Waals surface area contributed by atoms with Crippen molar-refractivity contribution in [2.45, 2.75) is 26.4 Å². The highest BCUT2D eigenvalue weighted by atomic mass is 35.5. The molecule has 1 atom stereocenters. The molecule has 1 N–H and O–H groups in total. The van der Waals surface area contributed by atoms with Crippen LogP contribution in [-0.4, -0.2) is 37.5 Å². The van der Waals surface area contributed by atoms with Gasteiger partial charge in [0.25, 0.3) is 5.91 Å². The number of hydrogen-bond donors (Lipinski definition) is 1. The third-order valence-electron chi connectivity index (χ3n) is 3.95. The molecular formula is C21H22ClNO6. The van der Waals surface area contributed by atoms with Crippen LogP contribution in [0.4, 0.5) is 5.69 Å². The van der Waals surface area contributed by atoms with Crippen molar-refractivity contribution >= 4 is 34.9 Å². The predicted octanol–water partition coefficient (Wildman–Crippen LogP) is 3.89. The summed E-state index contributed by atoms with van der Waals surface area (Å²) in [6.07, 6.45) is -0.646. The van der Waals surface area contributed by atoms with Crippen molar-refractivity contribution in [2.24, 2.45) is 0 Å². The van der Waals surface area contributed by atoms with Crippen molar-refractivity contribution in [1.29, 1.82) is 0 Å². The highest BCUT2D eigenvalue weighted by Gasteiger charge is 2.20. The molecule has 0 heterocycles. The maximum atomic E-state index is 12.3. The van der Waals surface area contributed by atoms with Crippen LogP contribution in [-0.2, 0) is 14.3 Å². The number of benzene rings is 2. The average molecular weight is 420 g/mol. The van der Waals surface area contributed by atoms with Crippen LogP contribution in [0.3, 0.4) is 0 Å². The first-order chi connectivity index (χ1) is 13.8. The molecule has 0 fully saturated rings. The molecule has 154 valence electrons. The van der Waals surface area contributed by atoms with Gasteiger partial charge in [0.1, 0.15) is 11.5 Å². The predicted molar refractivity (Wildman–Crippen MR) is 109 cm³/mol. The first kappa shape index (κ1) is 22.2. The SMILES string of the molecule is CCC(=O)c1ccc(OCC(=O)O[C@H](C)C(=O)Nc2cc(Cl)ccc2OC)cc1. The molecule has 1 amide bonds. The minimum atomic E-state index is -1.06. The van der Waals surface area contributed by atoms with E-state index in [1.807, 2.05) is 0 Å². The second-order valence-electron chi connectivity index (χ2n) is 6.06. The first-order valence-electron chi connectivity index (χ1n) is 8.94. The van der Waals surface area contributed by atoms with Crippen LogP contribution in [0, 0.1) is 0 Å². The fourth-order valence-electron chi connectivity index (χ4n) is 2.38. The van der Waals surface area contributed by atoms with Gasteiger partial charge in [-0.15, -0.1) is 0 Å². The first-order valence-corrected chi connectivity index (χ1v) is 9.31. The van der Waals surface area contributed by atoms with Gasteiger partial charge < -0.3 is 19.5 Å². The third-order valence-corrected chi connectivity index (χ3v) is 4.19. The van der Waals surface area contributed by atoms with Gasteiger partial charge >= 0.3 is 5.97 Å². The number of esters is 1. The lowest BCUT2D eigenvalue weighted by molar-refractivity contribution is -0.155. The van der Waals surface area contributed by atoms with Gasteiger partial charge in [0.05, 0.1) is 12.8 Å². The number of carbonyl (C=O) groups excluding carboxylic acids is 3. The Bertz CT molecular complexity index is 881. The lowest BCUT2D eigenvalue weighted by Crippen LogP contribution is -2.31.